The summed E-state index contributed by atoms with van der Waals surface area (Å²) in [5.41, 5.74) is 0. The van der Waals surface area contributed by atoms with Gasteiger partial charge in [0.05, 0.1) is 36.4 Å². The van der Waals surface area contributed by atoms with Gasteiger partial charge in [-0.2, -0.15) is 0 Å². The molecule has 0 aromatic heterocycles. The number of ether oxygens (including phenoxy) is 4. The fourth-order valence-electron chi connectivity index (χ4n) is 10.0. The van der Waals surface area contributed by atoms with E-state index in [1.807, 2.05) is 6.92 Å². The predicted molar refractivity (Wildman–Crippen MR) is 154 cm³/mol. The summed E-state index contributed by atoms with van der Waals surface area (Å²) in [6, 6.07) is 0.854. The fraction of sp³-hybridized carbons (Fsp3) is 0.938. The summed E-state index contributed by atoms with van der Waals surface area (Å²) in [4.78, 5) is 29.4. The van der Waals surface area contributed by atoms with Gasteiger partial charge in [-0.15, -0.1) is 0 Å². The third-order valence-corrected chi connectivity index (χ3v) is 12.0. The molecule has 6 fully saturated rings. The summed E-state index contributed by atoms with van der Waals surface area (Å²) < 4.78 is 23.6. The zero-order valence-electron chi connectivity index (χ0n) is 25.6. The first-order valence-electron chi connectivity index (χ1n) is 16.5. The minimum Gasteiger partial charge on any atom is -0.381 e. The van der Waals surface area contributed by atoms with Crippen molar-refractivity contribution in [3.63, 3.8) is 0 Å². The number of carbonyl (C=O) groups excluding carboxylic acids is 2. The van der Waals surface area contributed by atoms with Crippen LogP contribution >= 0.6 is 0 Å². The Morgan fingerprint density at radius 2 is 1.71 bits per heavy atom. The van der Waals surface area contributed by atoms with Gasteiger partial charge in [0.25, 0.3) is 0 Å². The molecule has 11 unspecified atom stereocenters. The van der Waals surface area contributed by atoms with Gasteiger partial charge >= 0.3 is 0 Å². The van der Waals surface area contributed by atoms with Crippen molar-refractivity contribution in [1.29, 1.82) is 0 Å². The van der Waals surface area contributed by atoms with Gasteiger partial charge in [0.1, 0.15) is 6.10 Å². The van der Waals surface area contributed by atoms with Crippen LogP contribution in [0.1, 0.15) is 77.6 Å². The summed E-state index contributed by atoms with van der Waals surface area (Å²) in [6.07, 6.45) is 11.3. The van der Waals surface area contributed by atoms with E-state index in [0.29, 0.717) is 42.4 Å². The Labute approximate surface area is 246 Å². The predicted octanol–water partition coefficient (Wildman–Crippen LogP) is 2.90. The summed E-state index contributed by atoms with van der Waals surface area (Å²) in [5, 5.41) is 6.99. The first-order valence-corrected chi connectivity index (χ1v) is 16.5. The monoisotopic (exact) mass is 575 g/mol. The van der Waals surface area contributed by atoms with E-state index in [0.717, 1.165) is 64.3 Å². The number of piperidine rings is 2. The van der Waals surface area contributed by atoms with Gasteiger partial charge in [0.15, 0.2) is 0 Å². The molecule has 0 aromatic carbocycles. The maximum atomic E-state index is 14.2. The number of hydrogen-bond acceptors (Lipinski definition) is 7. The molecule has 9 nitrogen and oxygen atoms in total. The van der Waals surface area contributed by atoms with E-state index in [-0.39, 0.29) is 48.1 Å². The Hall–Kier alpha value is -1.26. The molecule has 0 aromatic rings. The molecule has 0 bridgehead atoms. The quantitative estimate of drug-likeness (QED) is 0.436. The molecule has 3 saturated heterocycles. The van der Waals surface area contributed by atoms with Gasteiger partial charge in [-0.25, -0.2) is 0 Å². The van der Waals surface area contributed by atoms with Crippen molar-refractivity contribution in [2.75, 3.05) is 34.4 Å². The van der Waals surface area contributed by atoms with Crippen LogP contribution in [0.25, 0.3) is 0 Å². The van der Waals surface area contributed by atoms with Crippen LogP contribution < -0.4 is 10.6 Å². The van der Waals surface area contributed by atoms with Crippen molar-refractivity contribution < 1.29 is 28.5 Å². The van der Waals surface area contributed by atoms with E-state index in [1.165, 1.54) is 12.8 Å². The molecule has 41 heavy (non-hydrogen) atoms. The van der Waals surface area contributed by atoms with Crippen LogP contribution in [-0.2, 0) is 28.5 Å². The van der Waals surface area contributed by atoms with Crippen LogP contribution in [0.2, 0.25) is 0 Å². The van der Waals surface area contributed by atoms with Gasteiger partial charge in [-0.3, -0.25) is 9.59 Å². The van der Waals surface area contributed by atoms with Crippen molar-refractivity contribution >= 4 is 11.8 Å². The Kier molecular flexibility index (Phi) is 9.28. The highest BCUT2D eigenvalue weighted by Crippen LogP contribution is 2.54. The second-order valence-corrected chi connectivity index (χ2v) is 13.8. The van der Waals surface area contributed by atoms with E-state index in [4.69, 9.17) is 18.9 Å². The van der Waals surface area contributed by atoms with Gasteiger partial charge in [0.2, 0.25) is 11.8 Å². The standard InChI is InChI=1S/C32H53N3O6/c1-18(31(36)34-15-13-19-5-7-20(38-2)8-6-19)41-21-9-11-25-24(17-21)22-14-16-33-28-23-10-12-26(39-3)30(40-4)27(23)32(37)35(25)29(22)28/h18-30,33H,5-17H2,1-4H3,(H,34,36). The lowest BCUT2D eigenvalue weighted by atomic mass is 9.64. The molecule has 9 heteroatoms. The molecular formula is C32H53N3O6. The highest BCUT2D eigenvalue weighted by atomic mass is 16.5. The van der Waals surface area contributed by atoms with Gasteiger partial charge in [-0.1, -0.05) is 0 Å². The number of fused-ring (bicyclic) bond motifs is 5. The number of methoxy groups -OCH3 is 3. The highest BCUT2D eigenvalue weighted by molar-refractivity contribution is 5.83. The zero-order valence-corrected chi connectivity index (χ0v) is 25.6. The highest BCUT2D eigenvalue weighted by Gasteiger charge is 2.64. The molecule has 11 atom stereocenters. The molecule has 0 radical (unpaired) electrons. The van der Waals surface area contributed by atoms with E-state index >= 15 is 0 Å². The van der Waals surface area contributed by atoms with Crippen molar-refractivity contribution in [2.24, 2.45) is 29.6 Å². The van der Waals surface area contributed by atoms with E-state index in [9.17, 15) is 9.59 Å². The molecular weight excluding hydrogens is 522 g/mol. The first-order chi connectivity index (χ1) is 19.9. The Balaban J connectivity index is 1.05. The lowest BCUT2D eigenvalue weighted by molar-refractivity contribution is -0.175. The van der Waals surface area contributed by atoms with Crippen molar-refractivity contribution in [1.82, 2.24) is 15.5 Å². The smallest absolute Gasteiger partial charge is 0.248 e. The average molecular weight is 576 g/mol. The zero-order chi connectivity index (χ0) is 28.7. The molecule has 232 valence electrons. The Bertz CT molecular complexity index is 927. The van der Waals surface area contributed by atoms with E-state index in [2.05, 4.69) is 15.5 Å². The Morgan fingerprint density at radius 1 is 0.927 bits per heavy atom. The van der Waals surface area contributed by atoms with Crippen molar-refractivity contribution in [2.45, 2.75) is 126 Å². The van der Waals surface area contributed by atoms with Crippen LogP contribution in [0.3, 0.4) is 0 Å². The fourth-order valence-corrected chi connectivity index (χ4v) is 10.0. The molecule has 3 saturated carbocycles. The van der Waals surface area contributed by atoms with Crippen LogP contribution in [0, 0.1) is 29.6 Å². The van der Waals surface area contributed by atoms with Crippen molar-refractivity contribution in [3.05, 3.63) is 0 Å². The summed E-state index contributed by atoms with van der Waals surface area (Å²) in [7, 11) is 5.28. The third-order valence-electron chi connectivity index (χ3n) is 12.0. The van der Waals surface area contributed by atoms with Crippen LogP contribution in [-0.4, -0.2) is 99.8 Å². The maximum absolute atomic E-state index is 14.2. The number of hydrogen-bond donors (Lipinski definition) is 2. The molecule has 6 aliphatic rings. The SMILES string of the molecule is COC1CCC(CCNC(=O)C(C)OC2CCC3C(C2)C2CCNC4C5CCC(OC)C(OC)C5C(=O)N3C24)CC1. The number of carbonyl (C=O) groups is 2. The molecule has 6 rings (SSSR count). The molecule has 0 spiro atoms. The minimum absolute atomic E-state index is 0.000954. The number of nitrogens with zero attached hydrogens (tertiary/aromatic N) is 1. The van der Waals surface area contributed by atoms with E-state index < -0.39 is 6.10 Å². The molecule has 3 aliphatic carbocycles. The normalized spacial score (nSPS) is 44.5. The lowest BCUT2D eigenvalue weighted by Gasteiger charge is -2.55. The first kappa shape index (κ1) is 29.8. The molecule has 2 amide bonds. The molecule has 2 N–H and O–H groups in total. The largest absolute Gasteiger partial charge is 0.381 e. The van der Waals surface area contributed by atoms with Crippen LogP contribution in [0.4, 0.5) is 0 Å². The third kappa shape index (κ3) is 5.59. The number of rotatable bonds is 9. The van der Waals surface area contributed by atoms with Crippen LogP contribution in [0.15, 0.2) is 0 Å². The molecule has 3 aliphatic heterocycles. The number of nitrogens with one attached hydrogen (secondary N) is 2. The average Bonchev–Trinajstić information content (AvgIpc) is 3.34. The van der Waals surface area contributed by atoms with Gasteiger partial charge in [0, 0.05) is 40.0 Å². The second kappa shape index (κ2) is 12.8. The maximum Gasteiger partial charge on any atom is 0.248 e. The van der Waals surface area contributed by atoms with Crippen molar-refractivity contribution in [3.8, 4) is 0 Å². The Morgan fingerprint density at radius 3 is 2.44 bits per heavy atom. The molecule has 3 heterocycles. The minimum atomic E-state index is -0.455. The lowest BCUT2D eigenvalue weighted by Crippen LogP contribution is -2.70. The topological polar surface area (TPSA) is 98.4 Å². The number of amides is 2. The summed E-state index contributed by atoms with van der Waals surface area (Å²) in [6.45, 7) is 3.62. The second-order valence-electron chi connectivity index (χ2n) is 13.8. The van der Waals surface area contributed by atoms with Gasteiger partial charge < -0.3 is 34.5 Å². The van der Waals surface area contributed by atoms with Gasteiger partial charge in [-0.05, 0) is 108 Å². The van der Waals surface area contributed by atoms with Crippen LogP contribution in [0.5, 0.6) is 0 Å². The summed E-state index contributed by atoms with van der Waals surface area (Å²) >= 11 is 0. The van der Waals surface area contributed by atoms with E-state index in [1.54, 1.807) is 21.3 Å². The summed E-state index contributed by atoms with van der Waals surface area (Å²) in [5.74, 6) is 2.06.